The van der Waals surface area contributed by atoms with Crippen LogP contribution in [0.3, 0.4) is 0 Å². The molecule has 4 aliphatic rings. The second-order valence-electron chi connectivity index (χ2n) is 10.0. The molecule has 1 aliphatic heterocycles. The predicted molar refractivity (Wildman–Crippen MR) is 120 cm³/mol. The molecule has 7 nitrogen and oxygen atoms in total. The van der Waals surface area contributed by atoms with Crippen LogP contribution < -0.4 is 5.32 Å². The quantitative estimate of drug-likeness (QED) is 0.552. The lowest BCUT2D eigenvalue weighted by Crippen LogP contribution is -2.63. The Morgan fingerprint density at radius 2 is 1.73 bits per heavy atom. The molecule has 1 saturated heterocycles. The van der Waals surface area contributed by atoms with Gasteiger partial charge in [-0.2, -0.15) is 4.31 Å². The van der Waals surface area contributed by atoms with E-state index in [1.165, 1.54) is 4.31 Å². The first kappa shape index (κ1) is 25.5. The summed E-state index contributed by atoms with van der Waals surface area (Å²) in [5.41, 5.74) is 0. The maximum Gasteiger partial charge on any atom is 0.229 e. The van der Waals surface area contributed by atoms with Gasteiger partial charge in [0.25, 0.3) is 0 Å². The van der Waals surface area contributed by atoms with Gasteiger partial charge in [-0.05, 0) is 64.2 Å². The molecule has 0 aromatic heterocycles. The molecule has 0 aromatic rings. The number of ether oxygens (including phenoxy) is 1. The molecule has 1 heterocycles. The van der Waals surface area contributed by atoms with Crippen molar-refractivity contribution < 1.29 is 31.8 Å². The van der Waals surface area contributed by atoms with Crippen molar-refractivity contribution in [3.8, 4) is 0 Å². The summed E-state index contributed by atoms with van der Waals surface area (Å²) in [5.74, 6) is -1.93. The zero-order valence-corrected chi connectivity index (χ0v) is 20.3. The Labute approximate surface area is 199 Å². The number of halogens is 3. The van der Waals surface area contributed by atoms with Gasteiger partial charge in [0.05, 0.1) is 30.1 Å². The number of nitrogens with one attached hydrogen (secondary N) is 1. The van der Waals surface area contributed by atoms with Crippen molar-refractivity contribution in [2.24, 2.45) is 5.92 Å². The lowest BCUT2D eigenvalue weighted by atomic mass is 9.83. The number of carbonyl (C=O) groups is 1. The van der Waals surface area contributed by atoms with Gasteiger partial charge >= 0.3 is 0 Å². The molecule has 1 amide bonds. The number of rotatable bonds is 5. The number of nitrogens with zero attached hydrogens (tertiary/aromatic N) is 1. The third kappa shape index (κ3) is 5.50. The third-order valence-electron chi connectivity index (χ3n) is 7.82. The van der Waals surface area contributed by atoms with Gasteiger partial charge in [-0.3, -0.25) is 4.79 Å². The Hall–Kier alpha value is -0.550. The second kappa shape index (κ2) is 10.6. The monoisotopic (exact) mass is 512 g/mol. The summed E-state index contributed by atoms with van der Waals surface area (Å²) in [6, 6.07) is -0.870. The number of amides is 1. The molecule has 3 saturated carbocycles. The van der Waals surface area contributed by atoms with E-state index in [9.17, 15) is 27.1 Å². The van der Waals surface area contributed by atoms with Crippen molar-refractivity contribution >= 4 is 27.5 Å². The van der Waals surface area contributed by atoms with Crippen LogP contribution in [0.4, 0.5) is 8.78 Å². The van der Waals surface area contributed by atoms with Gasteiger partial charge in [0.2, 0.25) is 15.9 Å². The van der Waals surface area contributed by atoms with Gasteiger partial charge in [-0.15, -0.1) is 11.6 Å². The lowest BCUT2D eigenvalue weighted by Gasteiger charge is -2.48. The maximum atomic E-state index is 14.3. The fourth-order valence-electron chi connectivity index (χ4n) is 5.96. The van der Waals surface area contributed by atoms with Gasteiger partial charge in [0, 0.05) is 18.0 Å². The first-order valence-electron chi connectivity index (χ1n) is 12.2. The van der Waals surface area contributed by atoms with Crippen LogP contribution in [0.2, 0.25) is 0 Å². The first-order valence-corrected chi connectivity index (χ1v) is 14.1. The van der Waals surface area contributed by atoms with Crippen LogP contribution >= 0.6 is 11.6 Å². The molecule has 11 heteroatoms. The molecule has 3 aliphatic carbocycles. The molecule has 33 heavy (non-hydrogen) atoms. The number of aliphatic hydroxyl groups is 1. The summed E-state index contributed by atoms with van der Waals surface area (Å²) in [7, 11) is -3.66. The van der Waals surface area contributed by atoms with Gasteiger partial charge in [0.1, 0.15) is 18.3 Å². The van der Waals surface area contributed by atoms with Crippen molar-refractivity contribution in [3.63, 3.8) is 0 Å². The van der Waals surface area contributed by atoms with E-state index in [1.807, 2.05) is 0 Å². The smallest absolute Gasteiger partial charge is 0.229 e. The van der Waals surface area contributed by atoms with Crippen LogP contribution in [-0.4, -0.2) is 84.2 Å². The summed E-state index contributed by atoms with van der Waals surface area (Å²) in [6.07, 6.45) is 0.418. The Bertz CT molecular complexity index is 788. The van der Waals surface area contributed by atoms with Crippen LogP contribution in [0.1, 0.15) is 64.2 Å². The highest BCUT2D eigenvalue weighted by atomic mass is 35.5. The van der Waals surface area contributed by atoms with Crippen molar-refractivity contribution in [3.05, 3.63) is 0 Å². The van der Waals surface area contributed by atoms with Crippen LogP contribution in [0.25, 0.3) is 0 Å². The number of alkyl halides is 3. The highest BCUT2D eigenvalue weighted by molar-refractivity contribution is 7.89. The lowest BCUT2D eigenvalue weighted by molar-refractivity contribution is -0.137. The largest absolute Gasteiger partial charge is 0.394 e. The van der Waals surface area contributed by atoms with Crippen molar-refractivity contribution in [2.45, 2.75) is 111 Å². The molecule has 190 valence electrons. The Morgan fingerprint density at radius 3 is 2.36 bits per heavy atom. The third-order valence-corrected chi connectivity index (χ3v) is 10.6. The van der Waals surface area contributed by atoms with Gasteiger partial charge in [0.15, 0.2) is 0 Å². The summed E-state index contributed by atoms with van der Waals surface area (Å²) in [6.45, 7) is -0.218. The zero-order valence-electron chi connectivity index (χ0n) is 18.8. The SMILES string of the molecule is O=C(NC1CCC2O[C@@H](CO)CN(S(=O)(=O)C3CCC(Cl)CC3)C2C1)C1C(F)CCCC1F. The highest BCUT2D eigenvalue weighted by Gasteiger charge is 2.49. The number of fused-ring (bicyclic) bond motifs is 1. The van der Waals surface area contributed by atoms with Gasteiger partial charge < -0.3 is 15.2 Å². The van der Waals surface area contributed by atoms with E-state index in [-0.39, 0.29) is 43.5 Å². The maximum absolute atomic E-state index is 14.3. The summed E-state index contributed by atoms with van der Waals surface area (Å²) >= 11 is 6.17. The van der Waals surface area contributed by atoms with Crippen molar-refractivity contribution in [1.82, 2.24) is 9.62 Å². The fourth-order valence-corrected chi connectivity index (χ4v) is 8.44. The van der Waals surface area contributed by atoms with E-state index in [1.54, 1.807) is 0 Å². The molecule has 0 radical (unpaired) electrons. The van der Waals surface area contributed by atoms with E-state index in [4.69, 9.17) is 16.3 Å². The first-order chi connectivity index (χ1) is 15.7. The number of carbonyl (C=O) groups excluding carboxylic acids is 1. The average molecular weight is 513 g/mol. The summed E-state index contributed by atoms with van der Waals surface area (Å²) in [4.78, 5) is 12.7. The van der Waals surface area contributed by atoms with Crippen LogP contribution in [0.5, 0.6) is 0 Å². The molecule has 0 bridgehead atoms. The normalized spacial score (nSPS) is 43.0. The molecule has 6 atom stereocenters. The van der Waals surface area contributed by atoms with Crippen LogP contribution in [-0.2, 0) is 19.6 Å². The molecule has 0 aromatic carbocycles. The van der Waals surface area contributed by atoms with E-state index in [0.717, 1.165) is 0 Å². The van der Waals surface area contributed by atoms with E-state index in [0.29, 0.717) is 51.4 Å². The molecule has 2 N–H and O–H groups in total. The Morgan fingerprint density at radius 1 is 1.06 bits per heavy atom. The standard InChI is InChI=1S/C22H35ClF2N2O5S/c23-13-4-7-16(8-5-13)33(30,31)27-11-15(12-28)32-20-9-6-14(10-19(20)27)26-22(29)21-17(24)2-1-3-18(21)25/h13-21,28H,1-12H2,(H,26,29)/t13?,14?,15-,16?,17?,18?,19?,20?,21?/m1/s1. The topological polar surface area (TPSA) is 95.9 Å². The van der Waals surface area contributed by atoms with E-state index in [2.05, 4.69) is 5.32 Å². The minimum atomic E-state index is -3.66. The number of hydrogen-bond acceptors (Lipinski definition) is 5. The highest BCUT2D eigenvalue weighted by Crippen LogP contribution is 2.37. The Kier molecular flexibility index (Phi) is 8.20. The number of sulfonamides is 1. The van der Waals surface area contributed by atoms with Crippen LogP contribution in [0.15, 0.2) is 0 Å². The summed E-state index contributed by atoms with van der Waals surface area (Å²) < 4.78 is 63.1. The molecule has 4 rings (SSSR count). The van der Waals surface area contributed by atoms with Crippen LogP contribution in [0, 0.1) is 5.92 Å². The number of aliphatic hydroxyl groups excluding tert-OH is 1. The van der Waals surface area contributed by atoms with E-state index < -0.39 is 51.6 Å². The van der Waals surface area contributed by atoms with Gasteiger partial charge in [-0.25, -0.2) is 17.2 Å². The van der Waals surface area contributed by atoms with Crippen molar-refractivity contribution in [2.75, 3.05) is 13.2 Å². The molecular weight excluding hydrogens is 478 g/mol. The minimum Gasteiger partial charge on any atom is -0.394 e. The molecule has 0 spiro atoms. The Balaban J connectivity index is 1.47. The van der Waals surface area contributed by atoms with E-state index >= 15 is 0 Å². The molecule has 5 unspecified atom stereocenters. The van der Waals surface area contributed by atoms with Crippen molar-refractivity contribution in [1.29, 1.82) is 0 Å². The van der Waals surface area contributed by atoms with Gasteiger partial charge in [-0.1, -0.05) is 0 Å². The molecular formula is C22H35ClF2N2O5S. The average Bonchev–Trinajstić information content (AvgIpc) is 2.78. The second-order valence-corrected chi connectivity index (χ2v) is 12.8. The zero-order chi connectivity index (χ0) is 23.8. The molecule has 4 fully saturated rings. The predicted octanol–water partition coefficient (Wildman–Crippen LogP) is 2.44. The fraction of sp³-hybridized carbons (Fsp3) is 0.955. The number of hydrogen-bond donors (Lipinski definition) is 2. The summed E-state index contributed by atoms with van der Waals surface area (Å²) in [5, 5.41) is 12.0. The minimum absolute atomic E-state index is 0.00759. The number of morpholine rings is 1.